The summed E-state index contributed by atoms with van der Waals surface area (Å²) in [5.74, 6) is 0.219. The molecule has 0 aliphatic carbocycles. The summed E-state index contributed by atoms with van der Waals surface area (Å²) in [5.41, 5.74) is 5.61. The molecule has 7 heteroatoms. The summed E-state index contributed by atoms with van der Waals surface area (Å²) in [6.07, 6.45) is 2.67. The Hall–Kier alpha value is -1.89. The number of carbonyl (C=O) groups is 1. The van der Waals surface area contributed by atoms with Crippen molar-refractivity contribution < 1.29 is 4.79 Å². The fraction of sp³-hybridized carbons (Fsp3) is 0.643. The molecule has 21 heavy (non-hydrogen) atoms. The highest BCUT2D eigenvalue weighted by Crippen LogP contribution is 2.21. The summed E-state index contributed by atoms with van der Waals surface area (Å²) >= 11 is 0. The van der Waals surface area contributed by atoms with Gasteiger partial charge in [-0.15, -0.1) is 0 Å². The molecular formula is C14H23N5O2. The second-order valence-corrected chi connectivity index (χ2v) is 6.21. The van der Waals surface area contributed by atoms with Crippen LogP contribution in [0.25, 0.3) is 0 Å². The molecule has 7 nitrogen and oxygen atoms in total. The van der Waals surface area contributed by atoms with Gasteiger partial charge in [0.25, 0.3) is 5.56 Å². The molecule has 0 bridgehead atoms. The smallest absolute Gasteiger partial charge is 0.268 e. The Bertz CT molecular complexity index is 575. The number of anilines is 1. The van der Waals surface area contributed by atoms with Crippen LogP contribution in [0.4, 0.5) is 5.69 Å². The number of rotatable bonds is 4. The monoisotopic (exact) mass is 293 g/mol. The molecule has 1 aromatic rings. The van der Waals surface area contributed by atoms with E-state index in [1.807, 2.05) is 0 Å². The highest BCUT2D eigenvalue weighted by Gasteiger charge is 2.26. The molecule has 2 rings (SSSR count). The average Bonchev–Trinajstić information content (AvgIpc) is 2.87. The van der Waals surface area contributed by atoms with Crippen LogP contribution >= 0.6 is 0 Å². The van der Waals surface area contributed by atoms with Crippen LogP contribution in [0.15, 0.2) is 17.1 Å². The summed E-state index contributed by atoms with van der Waals surface area (Å²) in [5, 5.41) is 6.92. The van der Waals surface area contributed by atoms with Crippen LogP contribution in [-0.2, 0) is 11.8 Å². The number of nitrogens with zero attached hydrogens (tertiary/aromatic N) is 3. The minimum atomic E-state index is -0.853. The van der Waals surface area contributed by atoms with Gasteiger partial charge in [0.05, 0.1) is 17.4 Å². The molecule has 1 aromatic heterocycles. The molecule has 2 heterocycles. The Morgan fingerprint density at radius 3 is 2.90 bits per heavy atom. The predicted molar refractivity (Wildman–Crippen MR) is 81.1 cm³/mol. The van der Waals surface area contributed by atoms with Crippen molar-refractivity contribution in [2.45, 2.75) is 25.8 Å². The SMILES string of the molecule is Cn1ncc(N2CC[C@@H](CNC(=O)C(C)(C)N)C2)cc1=O. The zero-order valence-corrected chi connectivity index (χ0v) is 12.8. The molecule has 3 N–H and O–H groups in total. The van der Waals surface area contributed by atoms with Gasteiger partial charge in [-0.2, -0.15) is 5.10 Å². The first-order valence-electron chi connectivity index (χ1n) is 7.13. The first-order valence-corrected chi connectivity index (χ1v) is 7.13. The third-order valence-corrected chi connectivity index (χ3v) is 3.74. The minimum Gasteiger partial charge on any atom is -0.370 e. The van der Waals surface area contributed by atoms with Gasteiger partial charge in [-0.1, -0.05) is 0 Å². The number of hydrogen-bond donors (Lipinski definition) is 2. The van der Waals surface area contributed by atoms with Crippen molar-refractivity contribution in [3.63, 3.8) is 0 Å². The highest BCUT2D eigenvalue weighted by atomic mass is 16.2. The van der Waals surface area contributed by atoms with Crippen molar-refractivity contribution >= 4 is 11.6 Å². The quantitative estimate of drug-likeness (QED) is 0.778. The van der Waals surface area contributed by atoms with E-state index in [0.717, 1.165) is 25.2 Å². The molecule has 1 aliphatic heterocycles. The lowest BCUT2D eigenvalue weighted by molar-refractivity contribution is -0.125. The zero-order valence-electron chi connectivity index (χ0n) is 12.8. The summed E-state index contributed by atoms with van der Waals surface area (Å²) in [6, 6.07) is 1.59. The van der Waals surface area contributed by atoms with Crippen molar-refractivity contribution in [1.82, 2.24) is 15.1 Å². The Labute approximate surface area is 124 Å². The van der Waals surface area contributed by atoms with E-state index in [4.69, 9.17) is 5.73 Å². The van der Waals surface area contributed by atoms with Crippen molar-refractivity contribution in [1.29, 1.82) is 0 Å². The number of aryl methyl sites for hydroxylation is 1. The summed E-state index contributed by atoms with van der Waals surface area (Å²) in [4.78, 5) is 25.5. The van der Waals surface area contributed by atoms with Crippen LogP contribution in [0.5, 0.6) is 0 Å². The number of nitrogens with two attached hydrogens (primary N) is 1. The Kier molecular flexibility index (Phi) is 4.32. The van der Waals surface area contributed by atoms with Gasteiger partial charge in [0.15, 0.2) is 0 Å². The van der Waals surface area contributed by atoms with Crippen LogP contribution in [-0.4, -0.2) is 40.9 Å². The molecule has 0 aromatic carbocycles. The van der Waals surface area contributed by atoms with Gasteiger partial charge in [0.2, 0.25) is 5.91 Å². The van der Waals surface area contributed by atoms with Gasteiger partial charge in [-0.3, -0.25) is 9.59 Å². The van der Waals surface area contributed by atoms with Crippen molar-refractivity contribution in [3.8, 4) is 0 Å². The maximum absolute atomic E-state index is 11.8. The van der Waals surface area contributed by atoms with E-state index in [1.165, 1.54) is 4.68 Å². The Morgan fingerprint density at radius 2 is 2.29 bits per heavy atom. The summed E-state index contributed by atoms with van der Waals surface area (Å²) in [6.45, 7) is 5.65. The topological polar surface area (TPSA) is 93.2 Å². The van der Waals surface area contributed by atoms with Crippen molar-refractivity contribution in [3.05, 3.63) is 22.6 Å². The second kappa shape index (κ2) is 5.85. The largest absolute Gasteiger partial charge is 0.370 e. The van der Waals surface area contributed by atoms with E-state index in [0.29, 0.717) is 12.5 Å². The number of carbonyl (C=O) groups excluding carboxylic acids is 1. The molecular weight excluding hydrogens is 270 g/mol. The molecule has 1 aliphatic rings. The minimum absolute atomic E-state index is 0.117. The number of amides is 1. The molecule has 1 fully saturated rings. The molecule has 1 atom stereocenters. The van der Waals surface area contributed by atoms with Gasteiger partial charge >= 0.3 is 0 Å². The van der Waals surface area contributed by atoms with Crippen LogP contribution in [0.1, 0.15) is 20.3 Å². The Balaban J connectivity index is 1.90. The van der Waals surface area contributed by atoms with E-state index in [-0.39, 0.29) is 11.5 Å². The lowest BCUT2D eigenvalue weighted by Gasteiger charge is -2.21. The maximum atomic E-state index is 11.8. The predicted octanol–water partition coefficient (Wildman–Crippen LogP) is -0.540. The average molecular weight is 293 g/mol. The van der Waals surface area contributed by atoms with E-state index >= 15 is 0 Å². The van der Waals surface area contributed by atoms with Gasteiger partial charge < -0.3 is 16.0 Å². The third kappa shape index (κ3) is 3.81. The Morgan fingerprint density at radius 1 is 1.57 bits per heavy atom. The molecule has 0 spiro atoms. The lowest BCUT2D eigenvalue weighted by atomic mass is 10.1. The first kappa shape index (κ1) is 15.5. The summed E-state index contributed by atoms with van der Waals surface area (Å²) in [7, 11) is 1.63. The van der Waals surface area contributed by atoms with E-state index in [9.17, 15) is 9.59 Å². The van der Waals surface area contributed by atoms with Crippen LogP contribution in [0.2, 0.25) is 0 Å². The fourth-order valence-electron chi connectivity index (χ4n) is 2.33. The van der Waals surface area contributed by atoms with Crippen molar-refractivity contribution in [2.75, 3.05) is 24.5 Å². The van der Waals surface area contributed by atoms with Crippen LogP contribution < -0.4 is 21.5 Å². The van der Waals surface area contributed by atoms with Gasteiger partial charge in [0, 0.05) is 32.7 Å². The molecule has 1 amide bonds. The third-order valence-electron chi connectivity index (χ3n) is 3.74. The second-order valence-electron chi connectivity index (χ2n) is 6.21. The highest BCUT2D eigenvalue weighted by molar-refractivity contribution is 5.85. The fourth-order valence-corrected chi connectivity index (χ4v) is 2.33. The maximum Gasteiger partial charge on any atom is 0.268 e. The van der Waals surface area contributed by atoms with E-state index in [1.54, 1.807) is 33.2 Å². The molecule has 0 saturated carbocycles. The zero-order chi connectivity index (χ0) is 15.6. The number of nitrogens with one attached hydrogen (secondary N) is 1. The van der Waals surface area contributed by atoms with Gasteiger partial charge in [-0.05, 0) is 26.2 Å². The normalized spacial score (nSPS) is 18.9. The van der Waals surface area contributed by atoms with E-state index in [2.05, 4.69) is 15.3 Å². The first-order chi connectivity index (χ1) is 9.77. The summed E-state index contributed by atoms with van der Waals surface area (Å²) < 4.78 is 1.31. The number of hydrogen-bond acceptors (Lipinski definition) is 5. The van der Waals surface area contributed by atoms with Crippen LogP contribution in [0, 0.1) is 5.92 Å². The van der Waals surface area contributed by atoms with Gasteiger partial charge in [-0.25, -0.2) is 4.68 Å². The number of aromatic nitrogens is 2. The molecule has 0 radical (unpaired) electrons. The molecule has 0 unspecified atom stereocenters. The standard InChI is InChI=1S/C14H23N5O2/c1-14(2,15)13(21)16-7-10-4-5-19(9-10)11-6-12(20)18(3)17-8-11/h6,8,10H,4-5,7,9,15H2,1-3H3,(H,16,21)/t10-/m0/s1. The van der Waals surface area contributed by atoms with E-state index < -0.39 is 5.54 Å². The molecule has 1 saturated heterocycles. The van der Waals surface area contributed by atoms with Crippen molar-refractivity contribution in [2.24, 2.45) is 18.7 Å². The van der Waals surface area contributed by atoms with Gasteiger partial charge in [0.1, 0.15) is 0 Å². The molecule has 116 valence electrons. The van der Waals surface area contributed by atoms with Crippen LogP contribution in [0.3, 0.4) is 0 Å². The lowest BCUT2D eigenvalue weighted by Crippen LogP contribution is -2.50.